The van der Waals surface area contributed by atoms with Crippen molar-refractivity contribution in [1.82, 2.24) is 10.6 Å². The summed E-state index contributed by atoms with van der Waals surface area (Å²) in [6.45, 7) is 11.0. The molecule has 1 rings (SSSR count). The summed E-state index contributed by atoms with van der Waals surface area (Å²) < 4.78 is 5.48. The molecule has 0 radical (unpaired) electrons. The third kappa shape index (κ3) is 6.51. The monoisotopic (exact) mass is 241 g/mol. The zero-order valence-electron chi connectivity index (χ0n) is 11.6. The van der Waals surface area contributed by atoms with E-state index in [0.29, 0.717) is 12.1 Å². The number of nitrogens with one attached hydrogen (secondary N) is 2. The molecule has 0 aromatic heterocycles. The number of aliphatic imine (C=N–C) groups is 1. The molecule has 100 valence electrons. The summed E-state index contributed by atoms with van der Waals surface area (Å²) in [4.78, 5) is 4.54. The molecule has 0 heterocycles. The molecule has 2 N–H and O–H groups in total. The molecule has 0 bridgehead atoms. The molecule has 1 aliphatic rings. The Labute approximate surface area is 105 Å². The average molecular weight is 241 g/mol. The van der Waals surface area contributed by atoms with E-state index in [1.165, 1.54) is 6.42 Å². The second-order valence-corrected chi connectivity index (χ2v) is 5.00. The molecule has 2 atom stereocenters. The summed E-state index contributed by atoms with van der Waals surface area (Å²) in [5.41, 5.74) is 0. The van der Waals surface area contributed by atoms with E-state index in [1.54, 1.807) is 0 Å². The Hall–Kier alpha value is -0.770. The standard InChI is InChI=1S/C13H27N3O/c1-5-14-13(16-12-9-11(12)4)15-7-6-8-17-10(2)3/h10-12H,5-9H2,1-4H3,(H2,14,15,16). The van der Waals surface area contributed by atoms with E-state index in [-0.39, 0.29) is 0 Å². The molecule has 0 aliphatic heterocycles. The maximum Gasteiger partial charge on any atom is 0.191 e. The Morgan fingerprint density at radius 1 is 1.47 bits per heavy atom. The van der Waals surface area contributed by atoms with Gasteiger partial charge in [0.05, 0.1) is 6.10 Å². The summed E-state index contributed by atoms with van der Waals surface area (Å²) in [6.07, 6.45) is 2.56. The number of guanidine groups is 1. The van der Waals surface area contributed by atoms with Crippen molar-refractivity contribution in [3.8, 4) is 0 Å². The minimum absolute atomic E-state index is 0.317. The van der Waals surface area contributed by atoms with Crippen LogP contribution in [0.4, 0.5) is 0 Å². The molecule has 0 aromatic carbocycles. The van der Waals surface area contributed by atoms with Gasteiger partial charge in [0.25, 0.3) is 0 Å². The first-order valence-corrected chi connectivity index (χ1v) is 6.80. The average Bonchev–Trinajstić information content (AvgIpc) is 2.93. The third-order valence-electron chi connectivity index (χ3n) is 2.80. The summed E-state index contributed by atoms with van der Waals surface area (Å²) in [7, 11) is 0. The van der Waals surface area contributed by atoms with Gasteiger partial charge in [-0.1, -0.05) is 6.92 Å². The second-order valence-electron chi connectivity index (χ2n) is 5.00. The Balaban J connectivity index is 2.16. The fourth-order valence-electron chi connectivity index (χ4n) is 1.59. The molecule has 17 heavy (non-hydrogen) atoms. The van der Waals surface area contributed by atoms with Gasteiger partial charge in [-0.15, -0.1) is 0 Å². The van der Waals surface area contributed by atoms with Crippen LogP contribution in [0.15, 0.2) is 4.99 Å². The predicted molar refractivity (Wildman–Crippen MR) is 72.4 cm³/mol. The van der Waals surface area contributed by atoms with E-state index in [1.807, 2.05) is 0 Å². The Morgan fingerprint density at radius 2 is 2.18 bits per heavy atom. The molecule has 0 aromatic rings. The molecule has 0 saturated heterocycles. The summed E-state index contributed by atoms with van der Waals surface area (Å²) in [5, 5.41) is 6.71. The quantitative estimate of drug-likeness (QED) is 0.405. The molecule has 0 spiro atoms. The van der Waals surface area contributed by atoms with Crippen LogP contribution in [0, 0.1) is 5.92 Å². The first-order valence-electron chi connectivity index (χ1n) is 6.80. The lowest BCUT2D eigenvalue weighted by Crippen LogP contribution is -2.39. The van der Waals surface area contributed by atoms with E-state index in [2.05, 4.69) is 43.3 Å². The Bertz CT molecular complexity index is 241. The van der Waals surface area contributed by atoms with Crippen molar-refractivity contribution in [1.29, 1.82) is 0 Å². The molecule has 1 fully saturated rings. The largest absolute Gasteiger partial charge is 0.379 e. The van der Waals surface area contributed by atoms with Crippen LogP contribution in [0.1, 0.15) is 40.5 Å². The predicted octanol–water partition coefficient (Wildman–Crippen LogP) is 1.76. The number of hydrogen-bond acceptors (Lipinski definition) is 2. The first-order chi connectivity index (χ1) is 8.13. The van der Waals surface area contributed by atoms with E-state index >= 15 is 0 Å². The number of rotatable bonds is 7. The van der Waals surface area contributed by atoms with E-state index < -0.39 is 0 Å². The van der Waals surface area contributed by atoms with Gasteiger partial charge in [-0.2, -0.15) is 0 Å². The maximum atomic E-state index is 5.48. The number of hydrogen-bond donors (Lipinski definition) is 2. The van der Waals surface area contributed by atoms with E-state index in [0.717, 1.165) is 38.0 Å². The van der Waals surface area contributed by atoms with Gasteiger partial charge in [-0.25, -0.2) is 0 Å². The zero-order valence-corrected chi connectivity index (χ0v) is 11.6. The second kappa shape index (κ2) is 7.54. The first kappa shape index (κ1) is 14.3. The summed E-state index contributed by atoms with van der Waals surface area (Å²) >= 11 is 0. The minimum atomic E-state index is 0.317. The molecule has 4 nitrogen and oxygen atoms in total. The van der Waals surface area contributed by atoms with Gasteiger partial charge in [0.15, 0.2) is 5.96 Å². The van der Waals surface area contributed by atoms with Gasteiger partial charge in [-0.3, -0.25) is 4.99 Å². The Kier molecular flexibility index (Phi) is 6.34. The van der Waals surface area contributed by atoms with Crippen LogP contribution in [0.5, 0.6) is 0 Å². The smallest absolute Gasteiger partial charge is 0.191 e. The van der Waals surface area contributed by atoms with Crippen molar-refractivity contribution in [2.45, 2.75) is 52.7 Å². The van der Waals surface area contributed by atoms with Crippen LogP contribution in [0.3, 0.4) is 0 Å². The highest BCUT2D eigenvalue weighted by molar-refractivity contribution is 5.80. The van der Waals surface area contributed by atoms with E-state index in [9.17, 15) is 0 Å². The highest BCUT2D eigenvalue weighted by Gasteiger charge is 2.33. The van der Waals surface area contributed by atoms with Crippen LogP contribution in [-0.4, -0.2) is 37.8 Å². The lowest BCUT2D eigenvalue weighted by molar-refractivity contribution is 0.0782. The van der Waals surface area contributed by atoms with Crippen molar-refractivity contribution >= 4 is 5.96 Å². The van der Waals surface area contributed by atoms with Gasteiger partial charge in [-0.05, 0) is 39.5 Å². The normalized spacial score (nSPS) is 23.9. The van der Waals surface area contributed by atoms with Gasteiger partial charge in [0.2, 0.25) is 0 Å². The van der Waals surface area contributed by atoms with Crippen molar-refractivity contribution in [2.75, 3.05) is 19.7 Å². The fraction of sp³-hybridized carbons (Fsp3) is 0.923. The van der Waals surface area contributed by atoms with Crippen molar-refractivity contribution in [2.24, 2.45) is 10.9 Å². The topological polar surface area (TPSA) is 45.7 Å². The maximum absolute atomic E-state index is 5.48. The number of nitrogens with zero attached hydrogens (tertiary/aromatic N) is 1. The van der Waals surface area contributed by atoms with Crippen LogP contribution in [0.2, 0.25) is 0 Å². The molecule has 2 unspecified atom stereocenters. The molecule has 1 aliphatic carbocycles. The summed E-state index contributed by atoms with van der Waals surface area (Å²) in [5.74, 6) is 1.74. The molecular formula is C13H27N3O. The zero-order chi connectivity index (χ0) is 12.7. The van der Waals surface area contributed by atoms with Crippen molar-refractivity contribution < 1.29 is 4.74 Å². The minimum Gasteiger partial charge on any atom is -0.379 e. The highest BCUT2D eigenvalue weighted by Crippen LogP contribution is 2.28. The van der Waals surface area contributed by atoms with Crippen molar-refractivity contribution in [3.63, 3.8) is 0 Å². The Morgan fingerprint density at radius 3 is 2.71 bits per heavy atom. The van der Waals surface area contributed by atoms with Gasteiger partial charge in [0, 0.05) is 25.7 Å². The van der Waals surface area contributed by atoms with Crippen LogP contribution in [-0.2, 0) is 4.74 Å². The highest BCUT2D eigenvalue weighted by atomic mass is 16.5. The van der Waals surface area contributed by atoms with Gasteiger partial charge < -0.3 is 15.4 Å². The van der Waals surface area contributed by atoms with Crippen LogP contribution in [0.25, 0.3) is 0 Å². The van der Waals surface area contributed by atoms with Crippen molar-refractivity contribution in [3.05, 3.63) is 0 Å². The fourth-order valence-corrected chi connectivity index (χ4v) is 1.59. The molecular weight excluding hydrogens is 214 g/mol. The summed E-state index contributed by atoms with van der Waals surface area (Å²) in [6, 6.07) is 0.625. The third-order valence-corrected chi connectivity index (χ3v) is 2.80. The van der Waals surface area contributed by atoms with E-state index in [4.69, 9.17) is 4.74 Å². The van der Waals surface area contributed by atoms with Crippen LogP contribution < -0.4 is 10.6 Å². The lowest BCUT2D eigenvalue weighted by Gasteiger charge is -2.11. The SMILES string of the molecule is CCNC(=NCCCOC(C)C)NC1CC1C. The lowest BCUT2D eigenvalue weighted by atomic mass is 10.4. The molecule has 1 saturated carbocycles. The van der Waals surface area contributed by atoms with Crippen LogP contribution >= 0.6 is 0 Å². The number of ether oxygens (including phenoxy) is 1. The van der Waals surface area contributed by atoms with Gasteiger partial charge in [0.1, 0.15) is 0 Å². The molecule has 4 heteroatoms. The molecule has 0 amide bonds. The van der Waals surface area contributed by atoms with Gasteiger partial charge >= 0.3 is 0 Å².